The molecule has 0 unspecified atom stereocenters. The maximum atomic E-state index is 12.3. The number of ketones is 2. The third-order valence-electron chi connectivity index (χ3n) is 3.46. The van der Waals surface area contributed by atoms with Crippen LogP contribution in [0.15, 0.2) is 54.6 Å². The predicted octanol–water partition coefficient (Wildman–Crippen LogP) is 2.22. The van der Waals surface area contributed by atoms with E-state index in [1.165, 1.54) is 4.90 Å². The molecule has 1 heterocycles. The van der Waals surface area contributed by atoms with E-state index in [1.54, 1.807) is 36.4 Å². The van der Waals surface area contributed by atoms with Gasteiger partial charge in [0, 0.05) is 16.8 Å². The molecule has 1 saturated heterocycles. The molecule has 1 fully saturated rings. The Morgan fingerprint density at radius 3 is 2.05 bits per heavy atom. The molecule has 0 saturated carbocycles. The first-order valence-electron chi connectivity index (χ1n) is 6.67. The molecule has 0 spiro atoms. The molecule has 0 aromatic heterocycles. The van der Waals surface area contributed by atoms with Gasteiger partial charge in [-0.05, 0) is 24.3 Å². The summed E-state index contributed by atoms with van der Waals surface area (Å²) >= 11 is 0. The number of carbonyl (C=O) groups is 3. The molecule has 0 aliphatic carbocycles. The molecule has 0 atom stereocenters. The summed E-state index contributed by atoms with van der Waals surface area (Å²) in [5.74, 6) is -0.336. The number of Topliss-reactive ketones (excluding diaryl/α,β-unsaturated/α-hetero) is 1. The number of benzene rings is 2. The predicted molar refractivity (Wildman–Crippen MR) is 78.3 cm³/mol. The van der Waals surface area contributed by atoms with Gasteiger partial charge in [0.2, 0.25) is 5.91 Å². The Morgan fingerprint density at radius 2 is 1.48 bits per heavy atom. The van der Waals surface area contributed by atoms with Gasteiger partial charge in [0.15, 0.2) is 11.6 Å². The first-order valence-corrected chi connectivity index (χ1v) is 6.67. The SMILES string of the molecule is O=C1CC(=O)N(c2ccc(C(=O)c3ccccc3)cc2)C1. The quantitative estimate of drug-likeness (QED) is 0.639. The van der Waals surface area contributed by atoms with Gasteiger partial charge in [-0.15, -0.1) is 0 Å². The maximum absolute atomic E-state index is 12.3. The summed E-state index contributed by atoms with van der Waals surface area (Å²) in [5, 5.41) is 0. The van der Waals surface area contributed by atoms with Crippen LogP contribution >= 0.6 is 0 Å². The van der Waals surface area contributed by atoms with Crippen LogP contribution in [0.5, 0.6) is 0 Å². The molecule has 2 aromatic rings. The second kappa shape index (κ2) is 5.32. The van der Waals surface area contributed by atoms with Gasteiger partial charge < -0.3 is 4.90 Å². The zero-order chi connectivity index (χ0) is 14.8. The Morgan fingerprint density at radius 1 is 0.857 bits per heavy atom. The standard InChI is InChI=1S/C17H13NO3/c19-15-10-16(20)18(11-15)14-8-6-13(7-9-14)17(21)12-4-2-1-3-5-12/h1-9H,10-11H2. The van der Waals surface area contributed by atoms with E-state index in [1.807, 2.05) is 18.2 Å². The van der Waals surface area contributed by atoms with Crippen molar-refractivity contribution in [2.45, 2.75) is 6.42 Å². The minimum atomic E-state index is -0.192. The van der Waals surface area contributed by atoms with Crippen LogP contribution in [-0.2, 0) is 9.59 Å². The molecule has 104 valence electrons. The second-order valence-electron chi connectivity index (χ2n) is 4.94. The molecule has 1 aliphatic heterocycles. The smallest absolute Gasteiger partial charge is 0.234 e. The molecule has 2 aromatic carbocycles. The first kappa shape index (κ1) is 13.2. The second-order valence-corrected chi connectivity index (χ2v) is 4.94. The van der Waals surface area contributed by atoms with Crippen molar-refractivity contribution in [3.05, 3.63) is 65.7 Å². The van der Waals surface area contributed by atoms with Gasteiger partial charge in [-0.1, -0.05) is 30.3 Å². The highest BCUT2D eigenvalue weighted by molar-refractivity contribution is 6.15. The Kier molecular flexibility index (Phi) is 3.36. The molecule has 21 heavy (non-hydrogen) atoms. The van der Waals surface area contributed by atoms with Crippen LogP contribution in [0.2, 0.25) is 0 Å². The third kappa shape index (κ3) is 2.60. The molecule has 1 aliphatic rings. The monoisotopic (exact) mass is 279 g/mol. The van der Waals surface area contributed by atoms with Crippen molar-refractivity contribution in [1.82, 2.24) is 0 Å². The summed E-state index contributed by atoms with van der Waals surface area (Å²) in [7, 11) is 0. The molecule has 0 bridgehead atoms. The number of carbonyl (C=O) groups excluding carboxylic acids is 3. The van der Waals surface area contributed by atoms with Crippen LogP contribution in [0.4, 0.5) is 5.69 Å². The van der Waals surface area contributed by atoms with Crippen LogP contribution in [0.1, 0.15) is 22.3 Å². The average molecular weight is 279 g/mol. The number of hydrogen-bond donors (Lipinski definition) is 0. The Labute approximate surface area is 122 Å². The lowest BCUT2D eigenvalue weighted by Crippen LogP contribution is -2.24. The Balaban J connectivity index is 1.83. The van der Waals surface area contributed by atoms with E-state index in [0.29, 0.717) is 16.8 Å². The number of amides is 1. The van der Waals surface area contributed by atoms with Crippen LogP contribution in [-0.4, -0.2) is 24.0 Å². The topological polar surface area (TPSA) is 54.5 Å². The highest BCUT2D eigenvalue weighted by Gasteiger charge is 2.28. The van der Waals surface area contributed by atoms with Gasteiger partial charge in [-0.25, -0.2) is 0 Å². The zero-order valence-corrected chi connectivity index (χ0v) is 11.3. The lowest BCUT2D eigenvalue weighted by Gasteiger charge is -2.14. The van der Waals surface area contributed by atoms with Gasteiger partial charge in [0.05, 0.1) is 13.0 Å². The maximum Gasteiger partial charge on any atom is 0.234 e. The lowest BCUT2D eigenvalue weighted by atomic mass is 10.0. The summed E-state index contributed by atoms with van der Waals surface area (Å²) in [6, 6.07) is 15.8. The van der Waals surface area contributed by atoms with Crippen molar-refractivity contribution in [1.29, 1.82) is 0 Å². The van der Waals surface area contributed by atoms with E-state index in [9.17, 15) is 14.4 Å². The van der Waals surface area contributed by atoms with E-state index in [4.69, 9.17) is 0 Å². The molecule has 4 heteroatoms. The third-order valence-corrected chi connectivity index (χ3v) is 3.46. The van der Waals surface area contributed by atoms with Gasteiger partial charge in [-0.2, -0.15) is 0 Å². The van der Waals surface area contributed by atoms with Crippen molar-refractivity contribution in [2.24, 2.45) is 0 Å². The van der Waals surface area contributed by atoms with Crippen LogP contribution in [0.25, 0.3) is 0 Å². The van der Waals surface area contributed by atoms with Crippen molar-refractivity contribution >= 4 is 23.2 Å². The molecular formula is C17H13NO3. The zero-order valence-electron chi connectivity index (χ0n) is 11.3. The summed E-state index contributed by atoms with van der Waals surface area (Å²) in [6.45, 7) is 0.116. The summed E-state index contributed by atoms with van der Waals surface area (Å²) in [5.41, 5.74) is 1.83. The summed E-state index contributed by atoms with van der Waals surface area (Å²) < 4.78 is 0. The van der Waals surface area contributed by atoms with E-state index < -0.39 is 0 Å². The largest absolute Gasteiger partial charge is 0.305 e. The summed E-state index contributed by atoms with van der Waals surface area (Å²) in [4.78, 5) is 36.6. The molecule has 0 N–H and O–H groups in total. The average Bonchev–Trinajstić information content (AvgIpc) is 2.86. The highest BCUT2D eigenvalue weighted by Crippen LogP contribution is 2.21. The van der Waals surface area contributed by atoms with Crippen molar-refractivity contribution in [3.8, 4) is 0 Å². The molecule has 0 radical (unpaired) electrons. The van der Waals surface area contributed by atoms with E-state index >= 15 is 0 Å². The molecular weight excluding hydrogens is 266 g/mol. The van der Waals surface area contributed by atoms with Gasteiger partial charge in [-0.3, -0.25) is 14.4 Å². The van der Waals surface area contributed by atoms with Crippen LogP contribution in [0.3, 0.4) is 0 Å². The molecule has 1 amide bonds. The van der Waals surface area contributed by atoms with E-state index in [0.717, 1.165) is 0 Å². The fourth-order valence-corrected chi connectivity index (χ4v) is 2.37. The van der Waals surface area contributed by atoms with Crippen LogP contribution < -0.4 is 4.90 Å². The highest BCUT2D eigenvalue weighted by atomic mass is 16.2. The molecule has 3 rings (SSSR count). The van der Waals surface area contributed by atoms with Gasteiger partial charge in [0.25, 0.3) is 0 Å². The van der Waals surface area contributed by atoms with Crippen LogP contribution in [0, 0.1) is 0 Å². The molecule has 4 nitrogen and oxygen atoms in total. The fraction of sp³-hybridized carbons (Fsp3) is 0.118. The number of rotatable bonds is 3. The van der Waals surface area contributed by atoms with E-state index in [2.05, 4.69) is 0 Å². The van der Waals surface area contributed by atoms with E-state index in [-0.39, 0.29) is 30.4 Å². The minimum absolute atomic E-state index is 0.0370. The van der Waals surface area contributed by atoms with Gasteiger partial charge >= 0.3 is 0 Å². The van der Waals surface area contributed by atoms with Crippen molar-refractivity contribution < 1.29 is 14.4 Å². The lowest BCUT2D eigenvalue weighted by molar-refractivity contribution is -0.121. The van der Waals surface area contributed by atoms with Crippen molar-refractivity contribution in [3.63, 3.8) is 0 Å². The first-order chi connectivity index (χ1) is 10.1. The Hall–Kier alpha value is -2.75. The summed E-state index contributed by atoms with van der Waals surface area (Å²) in [6.07, 6.45) is -0.0370. The van der Waals surface area contributed by atoms with Gasteiger partial charge in [0.1, 0.15) is 0 Å². The minimum Gasteiger partial charge on any atom is -0.305 e. The normalized spacial score (nSPS) is 14.6. The number of hydrogen-bond acceptors (Lipinski definition) is 3. The Bertz CT molecular complexity index is 705. The number of nitrogens with zero attached hydrogens (tertiary/aromatic N) is 1. The fourth-order valence-electron chi connectivity index (χ4n) is 2.37. The number of anilines is 1. The van der Waals surface area contributed by atoms with Crippen molar-refractivity contribution in [2.75, 3.05) is 11.4 Å².